The fourth-order valence-corrected chi connectivity index (χ4v) is 1.37. The van der Waals surface area contributed by atoms with Crippen molar-refractivity contribution in [1.82, 2.24) is 0 Å². The highest BCUT2D eigenvalue weighted by Crippen LogP contribution is 2.18. The largest absolute Gasteiger partial charge is 0.480 e. The number of aliphatic carboxylic acids is 1. The van der Waals surface area contributed by atoms with Crippen LogP contribution < -0.4 is 11.1 Å². The Labute approximate surface area is 99.6 Å². The monoisotopic (exact) mass is 236 g/mol. The second kappa shape index (κ2) is 5.45. The molecule has 0 heterocycles. The first-order chi connectivity index (χ1) is 7.91. The molecule has 5 heteroatoms. The summed E-state index contributed by atoms with van der Waals surface area (Å²) in [6, 6.07) is 4.37. The predicted octanol–water partition coefficient (Wildman–Crippen LogP) is 1.04. The van der Waals surface area contributed by atoms with Crippen LogP contribution in [0, 0.1) is 13.8 Å². The van der Waals surface area contributed by atoms with Gasteiger partial charge in [-0.25, -0.2) is 0 Å². The van der Waals surface area contributed by atoms with E-state index in [9.17, 15) is 9.59 Å². The molecular formula is C12H16N2O3. The van der Waals surface area contributed by atoms with Gasteiger partial charge >= 0.3 is 5.97 Å². The van der Waals surface area contributed by atoms with Crippen LogP contribution in [0.5, 0.6) is 0 Å². The van der Waals surface area contributed by atoms with E-state index in [2.05, 4.69) is 5.32 Å². The second-order valence-corrected chi connectivity index (χ2v) is 3.94. The Morgan fingerprint density at radius 2 is 2.06 bits per heavy atom. The molecule has 0 aliphatic rings. The number of carboxylic acid groups (broad SMARTS) is 1. The number of benzene rings is 1. The second-order valence-electron chi connectivity index (χ2n) is 3.94. The molecule has 17 heavy (non-hydrogen) atoms. The third kappa shape index (κ3) is 3.57. The highest BCUT2D eigenvalue weighted by Gasteiger charge is 2.16. The Hall–Kier alpha value is -1.88. The van der Waals surface area contributed by atoms with Gasteiger partial charge in [0.15, 0.2) is 0 Å². The van der Waals surface area contributed by atoms with Crippen LogP contribution in [0.4, 0.5) is 5.69 Å². The molecule has 0 radical (unpaired) electrons. The van der Waals surface area contributed by atoms with Gasteiger partial charge in [-0.05, 0) is 31.0 Å². The summed E-state index contributed by atoms with van der Waals surface area (Å²) >= 11 is 0. The van der Waals surface area contributed by atoms with Gasteiger partial charge in [0.2, 0.25) is 5.91 Å². The topological polar surface area (TPSA) is 92.4 Å². The maximum Gasteiger partial charge on any atom is 0.321 e. The summed E-state index contributed by atoms with van der Waals surface area (Å²) in [7, 11) is 0. The van der Waals surface area contributed by atoms with Crippen molar-refractivity contribution in [2.45, 2.75) is 26.3 Å². The molecule has 1 aromatic rings. The molecule has 92 valence electrons. The number of carbonyl (C=O) groups excluding carboxylic acids is 1. The number of nitrogens with two attached hydrogens (primary N) is 1. The molecule has 0 spiro atoms. The van der Waals surface area contributed by atoms with Crippen molar-refractivity contribution in [3.05, 3.63) is 29.3 Å². The highest BCUT2D eigenvalue weighted by atomic mass is 16.4. The molecule has 5 nitrogen and oxygen atoms in total. The Morgan fingerprint density at radius 3 is 2.65 bits per heavy atom. The quantitative estimate of drug-likeness (QED) is 0.728. The lowest BCUT2D eigenvalue weighted by molar-refractivity contribution is -0.140. The van der Waals surface area contributed by atoms with Crippen LogP contribution in [-0.2, 0) is 9.59 Å². The van der Waals surface area contributed by atoms with Gasteiger partial charge in [0.1, 0.15) is 6.04 Å². The number of carbonyl (C=O) groups is 2. The van der Waals surface area contributed by atoms with Crippen LogP contribution in [0.25, 0.3) is 0 Å². The van der Waals surface area contributed by atoms with E-state index in [4.69, 9.17) is 10.8 Å². The first kappa shape index (κ1) is 13.2. The van der Waals surface area contributed by atoms with Crippen molar-refractivity contribution < 1.29 is 14.7 Å². The van der Waals surface area contributed by atoms with Gasteiger partial charge < -0.3 is 16.2 Å². The van der Waals surface area contributed by atoms with E-state index in [0.29, 0.717) is 5.69 Å². The summed E-state index contributed by atoms with van der Waals surface area (Å²) in [5.74, 6) is -1.57. The molecule has 0 fully saturated rings. The molecule has 1 amide bonds. The minimum atomic E-state index is -1.18. The number of hydrogen-bond acceptors (Lipinski definition) is 3. The molecule has 0 aliphatic carbocycles. The minimum absolute atomic E-state index is 0.233. The number of amides is 1. The molecule has 0 aromatic heterocycles. The molecular weight excluding hydrogens is 220 g/mol. The van der Waals surface area contributed by atoms with Crippen LogP contribution >= 0.6 is 0 Å². The van der Waals surface area contributed by atoms with Crippen molar-refractivity contribution in [1.29, 1.82) is 0 Å². The fraction of sp³-hybridized carbons (Fsp3) is 0.333. The predicted molar refractivity (Wildman–Crippen MR) is 64.8 cm³/mol. The van der Waals surface area contributed by atoms with Gasteiger partial charge in [-0.15, -0.1) is 0 Å². The standard InChI is InChI=1S/C12H16N2O3/c1-7-4-3-5-10(8(7)2)14-11(15)6-9(13)12(16)17/h3-5,9H,6,13H2,1-2H3,(H,14,15)(H,16,17). The summed E-state index contributed by atoms with van der Waals surface area (Å²) in [4.78, 5) is 22.0. The van der Waals surface area contributed by atoms with E-state index < -0.39 is 17.9 Å². The fourth-order valence-electron chi connectivity index (χ4n) is 1.37. The van der Waals surface area contributed by atoms with Crippen LogP contribution in [0.2, 0.25) is 0 Å². The molecule has 0 saturated carbocycles. The number of aryl methyl sites for hydroxylation is 1. The summed E-state index contributed by atoms with van der Waals surface area (Å²) in [6.07, 6.45) is -0.233. The average molecular weight is 236 g/mol. The first-order valence-electron chi connectivity index (χ1n) is 5.26. The number of carboxylic acids is 1. The zero-order valence-corrected chi connectivity index (χ0v) is 9.86. The van der Waals surface area contributed by atoms with E-state index in [0.717, 1.165) is 11.1 Å². The van der Waals surface area contributed by atoms with Crippen LogP contribution in [0.1, 0.15) is 17.5 Å². The zero-order valence-electron chi connectivity index (χ0n) is 9.86. The Balaban J connectivity index is 2.69. The minimum Gasteiger partial charge on any atom is -0.480 e. The molecule has 0 saturated heterocycles. The molecule has 0 bridgehead atoms. The maximum atomic E-state index is 11.5. The van der Waals surface area contributed by atoms with E-state index in [1.54, 1.807) is 6.07 Å². The first-order valence-corrected chi connectivity index (χ1v) is 5.26. The van der Waals surface area contributed by atoms with Crippen molar-refractivity contribution in [2.24, 2.45) is 5.73 Å². The normalized spacial score (nSPS) is 11.9. The summed E-state index contributed by atoms with van der Waals surface area (Å²) in [5, 5.41) is 11.2. The average Bonchev–Trinajstić information content (AvgIpc) is 2.24. The lowest BCUT2D eigenvalue weighted by atomic mass is 10.1. The highest BCUT2D eigenvalue weighted by molar-refractivity contribution is 5.94. The lowest BCUT2D eigenvalue weighted by Crippen LogP contribution is -2.34. The Kier molecular flexibility index (Phi) is 4.23. The van der Waals surface area contributed by atoms with Crippen LogP contribution in [0.15, 0.2) is 18.2 Å². The van der Waals surface area contributed by atoms with Crippen LogP contribution in [-0.4, -0.2) is 23.0 Å². The lowest BCUT2D eigenvalue weighted by Gasteiger charge is -2.11. The number of anilines is 1. The molecule has 1 atom stereocenters. The van der Waals surface area contributed by atoms with Gasteiger partial charge in [-0.2, -0.15) is 0 Å². The maximum absolute atomic E-state index is 11.5. The molecule has 1 unspecified atom stereocenters. The SMILES string of the molecule is Cc1cccc(NC(=O)CC(N)C(=O)O)c1C. The molecule has 4 N–H and O–H groups in total. The van der Waals surface area contributed by atoms with Crippen molar-refractivity contribution in [3.63, 3.8) is 0 Å². The Morgan fingerprint density at radius 1 is 1.41 bits per heavy atom. The zero-order chi connectivity index (χ0) is 13.0. The summed E-state index contributed by atoms with van der Waals surface area (Å²) < 4.78 is 0. The van der Waals surface area contributed by atoms with Gasteiger partial charge in [0.05, 0.1) is 6.42 Å². The third-order valence-corrected chi connectivity index (χ3v) is 2.60. The van der Waals surface area contributed by atoms with Crippen molar-refractivity contribution in [3.8, 4) is 0 Å². The van der Waals surface area contributed by atoms with Gasteiger partial charge in [-0.1, -0.05) is 12.1 Å². The summed E-state index contributed by atoms with van der Waals surface area (Å²) in [6.45, 7) is 3.83. The number of hydrogen-bond donors (Lipinski definition) is 3. The third-order valence-electron chi connectivity index (χ3n) is 2.60. The molecule has 1 rings (SSSR count). The molecule has 0 aliphatic heterocycles. The smallest absolute Gasteiger partial charge is 0.321 e. The number of nitrogens with one attached hydrogen (secondary N) is 1. The van der Waals surface area contributed by atoms with E-state index in [-0.39, 0.29) is 6.42 Å². The summed E-state index contributed by atoms with van der Waals surface area (Å²) in [5.41, 5.74) is 7.99. The Bertz CT molecular complexity index is 443. The molecule has 1 aromatic carbocycles. The number of rotatable bonds is 4. The van der Waals surface area contributed by atoms with Gasteiger partial charge in [0.25, 0.3) is 0 Å². The van der Waals surface area contributed by atoms with Gasteiger partial charge in [0, 0.05) is 5.69 Å². The van der Waals surface area contributed by atoms with E-state index in [1.165, 1.54) is 0 Å². The van der Waals surface area contributed by atoms with Crippen LogP contribution in [0.3, 0.4) is 0 Å². The van der Waals surface area contributed by atoms with Crippen molar-refractivity contribution >= 4 is 17.6 Å². The van der Waals surface area contributed by atoms with E-state index >= 15 is 0 Å². The van der Waals surface area contributed by atoms with Crippen molar-refractivity contribution in [2.75, 3.05) is 5.32 Å². The van der Waals surface area contributed by atoms with E-state index in [1.807, 2.05) is 26.0 Å². The van der Waals surface area contributed by atoms with Gasteiger partial charge in [-0.3, -0.25) is 9.59 Å².